The van der Waals surface area contributed by atoms with Crippen LogP contribution in [0.3, 0.4) is 0 Å². The van der Waals surface area contributed by atoms with Crippen molar-refractivity contribution in [2.24, 2.45) is 5.92 Å². The number of amides is 3. The van der Waals surface area contributed by atoms with Crippen LogP contribution < -0.4 is 16.0 Å². The lowest BCUT2D eigenvalue weighted by atomic mass is 10.00. The number of rotatable bonds is 13. The maximum atomic E-state index is 13.0. The van der Waals surface area contributed by atoms with Crippen LogP contribution in [0.25, 0.3) is 0 Å². The molecule has 0 radical (unpaired) electrons. The van der Waals surface area contributed by atoms with Crippen LogP contribution in [0.1, 0.15) is 31.4 Å². The van der Waals surface area contributed by atoms with Crippen LogP contribution in [0.5, 0.6) is 0 Å². The molecule has 0 fully saturated rings. The van der Waals surface area contributed by atoms with Crippen LogP contribution in [0.2, 0.25) is 0 Å². The Morgan fingerprint density at radius 2 is 1.46 bits per heavy atom. The van der Waals surface area contributed by atoms with Crippen LogP contribution >= 0.6 is 11.6 Å². The van der Waals surface area contributed by atoms with Crippen LogP contribution in [-0.2, 0) is 32.1 Å². The summed E-state index contributed by atoms with van der Waals surface area (Å²) in [5, 5.41) is 7.74. The van der Waals surface area contributed by atoms with Gasteiger partial charge in [0, 0.05) is 0 Å². The Hall–Kier alpha value is -3.39. The van der Waals surface area contributed by atoms with E-state index in [1.54, 1.807) is 0 Å². The Morgan fingerprint density at radius 3 is 2.03 bits per heavy atom. The average molecular weight is 502 g/mol. The summed E-state index contributed by atoms with van der Waals surface area (Å²) in [6.07, 6.45) is -0.108. The van der Waals surface area contributed by atoms with Gasteiger partial charge >= 0.3 is 6.09 Å². The van der Waals surface area contributed by atoms with E-state index in [2.05, 4.69) is 16.0 Å². The number of alkyl carbamates (subject to hydrolysis) is 1. The summed E-state index contributed by atoms with van der Waals surface area (Å²) in [5.41, 5.74) is 1.69. The Bertz CT molecular complexity index is 969. The number of ether oxygens (including phenoxy) is 1. The third-order valence-corrected chi connectivity index (χ3v) is 5.35. The molecular formula is C26H32ClN3O5. The highest BCUT2D eigenvalue weighted by Crippen LogP contribution is 2.09. The van der Waals surface area contributed by atoms with Crippen molar-refractivity contribution in [3.05, 3.63) is 71.8 Å². The zero-order valence-corrected chi connectivity index (χ0v) is 20.7. The van der Waals surface area contributed by atoms with Gasteiger partial charge in [0.2, 0.25) is 11.8 Å². The minimum atomic E-state index is -0.883. The van der Waals surface area contributed by atoms with E-state index in [1.807, 2.05) is 74.5 Å². The minimum absolute atomic E-state index is 0.0735. The fraction of sp³-hybridized carbons (Fsp3) is 0.385. The number of carbonyl (C=O) groups excluding carboxylic acids is 4. The molecule has 3 N–H and O–H groups in total. The SMILES string of the molecule is CC(C)C[C@@H](NC(=O)CNC(=O)OCc1ccccc1)C(=O)N[C@H](Cc1ccccc1)C(=O)CCl. The highest BCUT2D eigenvalue weighted by atomic mass is 35.5. The monoisotopic (exact) mass is 501 g/mol. The molecule has 0 aliphatic carbocycles. The van der Waals surface area contributed by atoms with Crippen LogP contribution in [0.4, 0.5) is 4.79 Å². The molecule has 2 aromatic carbocycles. The second kappa shape index (κ2) is 14.8. The van der Waals surface area contributed by atoms with E-state index >= 15 is 0 Å². The van der Waals surface area contributed by atoms with Gasteiger partial charge in [0.05, 0.1) is 11.9 Å². The van der Waals surface area contributed by atoms with Crippen molar-refractivity contribution in [3.63, 3.8) is 0 Å². The number of nitrogens with one attached hydrogen (secondary N) is 3. The number of alkyl halides is 1. The molecule has 8 nitrogen and oxygen atoms in total. The van der Waals surface area contributed by atoms with E-state index in [4.69, 9.17) is 16.3 Å². The topological polar surface area (TPSA) is 114 Å². The van der Waals surface area contributed by atoms with E-state index in [1.165, 1.54) is 0 Å². The van der Waals surface area contributed by atoms with Crippen molar-refractivity contribution in [1.29, 1.82) is 0 Å². The molecule has 9 heteroatoms. The lowest BCUT2D eigenvalue weighted by Crippen LogP contribution is -2.54. The smallest absolute Gasteiger partial charge is 0.407 e. The summed E-state index contributed by atoms with van der Waals surface area (Å²) in [7, 11) is 0. The normalized spacial score (nSPS) is 12.3. The number of hydrogen-bond donors (Lipinski definition) is 3. The molecular weight excluding hydrogens is 470 g/mol. The Morgan fingerprint density at radius 1 is 0.857 bits per heavy atom. The van der Waals surface area contributed by atoms with Crippen molar-refractivity contribution in [3.8, 4) is 0 Å². The second-order valence-electron chi connectivity index (χ2n) is 8.52. The number of halogens is 1. The number of benzene rings is 2. The molecule has 0 aliphatic rings. The maximum Gasteiger partial charge on any atom is 0.407 e. The van der Waals surface area contributed by atoms with E-state index in [9.17, 15) is 19.2 Å². The summed E-state index contributed by atoms with van der Waals surface area (Å²) in [5.74, 6) is -1.51. The summed E-state index contributed by atoms with van der Waals surface area (Å²) < 4.78 is 5.08. The standard InChI is InChI=1S/C26H32ClN3O5/c1-18(2)13-22(25(33)30-21(23(31)15-27)14-19-9-5-3-6-10-19)29-24(32)16-28-26(34)35-17-20-11-7-4-8-12-20/h3-12,18,21-22H,13-17H2,1-2H3,(H,28,34)(H,29,32)(H,30,33)/t21-,22-/m1/s1. The zero-order valence-electron chi connectivity index (χ0n) is 20.0. The van der Waals surface area contributed by atoms with Crippen LogP contribution in [0.15, 0.2) is 60.7 Å². The highest BCUT2D eigenvalue weighted by molar-refractivity contribution is 6.28. The molecule has 2 rings (SSSR count). The fourth-order valence-electron chi connectivity index (χ4n) is 3.34. The van der Waals surface area contributed by atoms with E-state index < -0.39 is 30.0 Å². The van der Waals surface area contributed by atoms with Gasteiger partial charge in [-0.15, -0.1) is 11.6 Å². The molecule has 0 unspecified atom stereocenters. The third kappa shape index (κ3) is 10.6. The summed E-state index contributed by atoms with van der Waals surface area (Å²) >= 11 is 5.76. The third-order valence-electron chi connectivity index (χ3n) is 5.08. The first-order valence-corrected chi connectivity index (χ1v) is 12.0. The Labute approximate surface area is 210 Å². The van der Waals surface area contributed by atoms with Gasteiger partial charge in [-0.25, -0.2) is 4.79 Å². The first-order chi connectivity index (χ1) is 16.8. The molecule has 0 bridgehead atoms. The molecule has 0 aliphatic heterocycles. The Balaban J connectivity index is 1.92. The minimum Gasteiger partial charge on any atom is -0.445 e. The quantitative estimate of drug-likeness (QED) is 0.365. The second-order valence-corrected chi connectivity index (χ2v) is 8.78. The van der Waals surface area contributed by atoms with E-state index in [0.717, 1.165) is 11.1 Å². The molecule has 0 heterocycles. The Kier molecular flexibility index (Phi) is 11.8. The zero-order chi connectivity index (χ0) is 25.6. The number of Topliss-reactive ketones (excluding diaryl/α,β-unsaturated/α-hetero) is 1. The predicted octanol–water partition coefficient (Wildman–Crippen LogP) is 2.98. The number of carbonyl (C=O) groups is 4. The van der Waals surface area contributed by atoms with E-state index in [-0.39, 0.29) is 37.2 Å². The molecule has 3 amide bonds. The van der Waals surface area contributed by atoms with Crippen molar-refractivity contribution in [1.82, 2.24) is 16.0 Å². The first kappa shape index (κ1) is 27.9. The number of hydrogen-bond acceptors (Lipinski definition) is 5. The van der Waals surface area contributed by atoms with Gasteiger partial charge < -0.3 is 20.7 Å². The van der Waals surface area contributed by atoms with Gasteiger partial charge in [-0.1, -0.05) is 74.5 Å². The number of ketones is 1. The van der Waals surface area contributed by atoms with Gasteiger partial charge in [0.25, 0.3) is 0 Å². The molecule has 2 atom stereocenters. The molecule has 0 saturated carbocycles. The van der Waals surface area contributed by atoms with Gasteiger partial charge in [-0.05, 0) is 29.9 Å². The van der Waals surface area contributed by atoms with Crippen LogP contribution in [0, 0.1) is 5.92 Å². The largest absolute Gasteiger partial charge is 0.445 e. The molecule has 0 aromatic heterocycles. The molecule has 0 spiro atoms. The molecule has 188 valence electrons. The average Bonchev–Trinajstić information content (AvgIpc) is 2.85. The molecule has 0 saturated heterocycles. The highest BCUT2D eigenvalue weighted by Gasteiger charge is 2.27. The van der Waals surface area contributed by atoms with E-state index in [0.29, 0.717) is 6.42 Å². The fourth-order valence-corrected chi connectivity index (χ4v) is 3.52. The van der Waals surface area contributed by atoms with Gasteiger partial charge in [0.1, 0.15) is 19.2 Å². The first-order valence-electron chi connectivity index (χ1n) is 11.4. The van der Waals surface area contributed by atoms with Crippen molar-refractivity contribution >= 4 is 35.3 Å². The summed E-state index contributed by atoms with van der Waals surface area (Å²) in [6.45, 7) is 3.54. The lowest BCUT2D eigenvalue weighted by molar-refractivity contribution is -0.131. The van der Waals surface area contributed by atoms with Gasteiger partial charge in [-0.2, -0.15) is 0 Å². The van der Waals surface area contributed by atoms with Gasteiger partial charge in [-0.3, -0.25) is 14.4 Å². The molecule has 2 aromatic rings. The lowest BCUT2D eigenvalue weighted by Gasteiger charge is -2.24. The molecule has 35 heavy (non-hydrogen) atoms. The van der Waals surface area contributed by atoms with Crippen molar-refractivity contribution < 1.29 is 23.9 Å². The summed E-state index contributed by atoms with van der Waals surface area (Å²) in [6, 6.07) is 16.7. The predicted molar refractivity (Wildman–Crippen MR) is 134 cm³/mol. The van der Waals surface area contributed by atoms with Gasteiger partial charge in [0.15, 0.2) is 5.78 Å². The van der Waals surface area contributed by atoms with Crippen molar-refractivity contribution in [2.45, 2.75) is 45.4 Å². The summed E-state index contributed by atoms with van der Waals surface area (Å²) in [4.78, 5) is 49.7. The van der Waals surface area contributed by atoms with Crippen LogP contribution in [-0.4, -0.2) is 48.2 Å². The van der Waals surface area contributed by atoms with Crippen molar-refractivity contribution in [2.75, 3.05) is 12.4 Å². The maximum absolute atomic E-state index is 13.0.